The second-order valence-corrected chi connectivity index (χ2v) is 6.60. The Kier molecular flexibility index (Phi) is 5.97. The third-order valence-corrected chi connectivity index (χ3v) is 4.39. The summed E-state index contributed by atoms with van der Waals surface area (Å²) in [6, 6.07) is 7.54. The van der Waals surface area contributed by atoms with Crippen LogP contribution >= 0.6 is 27.7 Å². The Morgan fingerprint density at radius 3 is 2.32 bits per heavy atom. The lowest BCUT2D eigenvalue weighted by Gasteiger charge is -2.10. The van der Waals surface area contributed by atoms with Gasteiger partial charge in [0.05, 0.1) is 0 Å². The summed E-state index contributed by atoms with van der Waals surface area (Å²) in [7, 11) is 0. The van der Waals surface area contributed by atoms with Gasteiger partial charge in [0.25, 0.3) is 0 Å². The third kappa shape index (κ3) is 4.55. The van der Waals surface area contributed by atoms with Gasteiger partial charge in [0, 0.05) is 28.0 Å². The summed E-state index contributed by atoms with van der Waals surface area (Å²) in [4.78, 5) is 20.9. The average Bonchev–Trinajstić information content (AvgIpc) is 2.48. The van der Waals surface area contributed by atoms with Crippen LogP contribution in [0.3, 0.4) is 0 Å². The summed E-state index contributed by atoms with van der Waals surface area (Å²) < 4.78 is 0.989. The summed E-state index contributed by atoms with van der Waals surface area (Å²) in [5, 5.41) is 3.67. The van der Waals surface area contributed by atoms with Crippen LogP contribution in [0, 0.1) is 13.8 Å². The Hall–Kier alpha value is -1.40. The Morgan fingerprint density at radius 2 is 1.77 bits per heavy atom. The minimum Gasteiger partial charge on any atom is -0.326 e. The Bertz CT molecular complexity index is 651. The van der Waals surface area contributed by atoms with Crippen LogP contribution < -0.4 is 5.32 Å². The van der Waals surface area contributed by atoms with Crippen LogP contribution in [0.2, 0.25) is 0 Å². The summed E-state index contributed by atoms with van der Waals surface area (Å²) in [6.07, 6.45) is 3.02. The fourth-order valence-corrected chi connectivity index (χ4v) is 2.88. The standard InChI is InChI=1S/C16H18BrN3OS/c1-10-14(11(2)19-16(18-10)22-3)8-9-15(21)20-13-6-4-12(17)5-7-13/h4-7H,8-9H2,1-3H3,(H,20,21). The summed E-state index contributed by atoms with van der Waals surface area (Å²) in [6.45, 7) is 3.94. The van der Waals surface area contributed by atoms with Gasteiger partial charge in [-0.15, -0.1) is 0 Å². The zero-order valence-electron chi connectivity index (χ0n) is 12.8. The molecule has 1 aromatic carbocycles. The van der Waals surface area contributed by atoms with Crippen molar-refractivity contribution in [3.05, 3.63) is 45.7 Å². The van der Waals surface area contributed by atoms with Crippen LogP contribution in [0.25, 0.3) is 0 Å². The number of aromatic nitrogens is 2. The second kappa shape index (κ2) is 7.74. The topological polar surface area (TPSA) is 54.9 Å². The first kappa shape index (κ1) is 17.0. The van der Waals surface area contributed by atoms with E-state index in [9.17, 15) is 4.79 Å². The molecule has 0 atom stereocenters. The number of nitrogens with zero attached hydrogens (tertiary/aromatic N) is 2. The van der Waals surface area contributed by atoms with Gasteiger partial charge >= 0.3 is 0 Å². The predicted octanol–water partition coefficient (Wildman–Crippen LogP) is 4.15. The molecule has 4 nitrogen and oxygen atoms in total. The zero-order chi connectivity index (χ0) is 16.1. The van der Waals surface area contributed by atoms with Gasteiger partial charge in [0.15, 0.2) is 5.16 Å². The van der Waals surface area contributed by atoms with E-state index in [0.29, 0.717) is 12.8 Å². The fourth-order valence-electron chi connectivity index (χ4n) is 2.16. The van der Waals surface area contributed by atoms with E-state index in [1.807, 2.05) is 44.4 Å². The molecule has 116 valence electrons. The molecule has 0 aliphatic carbocycles. The van der Waals surface area contributed by atoms with Crippen molar-refractivity contribution in [2.24, 2.45) is 0 Å². The van der Waals surface area contributed by atoms with Gasteiger partial charge in [-0.3, -0.25) is 4.79 Å². The zero-order valence-corrected chi connectivity index (χ0v) is 15.2. The van der Waals surface area contributed by atoms with E-state index in [4.69, 9.17) is 0 Å². The quantitative estimate of drug-likeness (QED) is 0.626. The monoisotopic (exact) mass is 379 g/mol. The molecule has 1 amide bonds. The van der Waals surface area contributed by atoms with Crippen molar-refractivity contribution in [3.8, 4) is 0 Å². The molecule has 2 rings (SSSR count). The van der Waals surface area contributed by atoms with Crippen LogP contribution in [-0.2, 0) is 11.2 Å². The Morgan fingerprint density at radius 1 is 1.18 bits per heavy atom. The number of anilines is 1. The van der Waals surface area contributed by atoms with E-state index in [2.05, 4.69) is 31.2 Å². The van der Waals surface area contributed by atoms with Gasteiger partial charge < -0.3 is 5.32 Å². The molecule has 0 bridgehead atoms. The number of halogens is 1. The van der Waals surface area contributed by atoms with Crippen molar-refractivity contribution in [3.63, 3.8) is 0 Å². The molecule has 0 radical (unpaired) electrons. The molecule has 22 heavy (non-hydrogen) atoms. The summed E-state index contributed by atoms with van der Waals surface area (Å²) >= 11 is 4.90. The maximum absolute atomic E-state index is 12.0. The first-order valence-corrected chi connectivity index (χ1v) is 8.95. The van der Waals surface area contributed by atoms with E-state index in [1.54, 1.807) is 0 Å². The molecule has 6 heteroatoms. The largest absolute Gasteiger partial charge is 0.326 e. The number of thioether (sulfide) groups is 1. The highest BCUT2D eigenvalue weighted by Gasteiger charge is 2.10. The van der Waals surface area contributed by atoms with Crippen LogP contribution in [0.15, 0.2) is 33.9 Å². The minimum absolute atomic E-state index is 0.00457. The van der Waals surface area contributed by atoms with Crippen molar-refractivity contribution in [1.82, 2.24) is 9.97 Å². The average molecular weight is 380 g/mol. The number of hydrogen-bond acceptors (Lipinski definition) is 4. The maximum Gasteiger partial charge on any atom is 0.224 e. The lowest BCUT2D eigenvalue weighted by molar-refractivity contribution is -0.116. The highest BCUT2D eigenvalue weighted by molar-refractivity contribution is 9.10. The maximum atomic E-state index is 12.0. The number of hydrogen-bond donors (Lipinski definition) is 1. The SMILES string of the molecule is CSc1nc(C)c(CCC(=O)Nc2ccc(Br)cc2)c(C)n1. The van der Waals surface area contributed by atoms with Crippen molar-refractivity contribution < 1.29 is 4.79 Å². The van der Waals surface area contributed by atoms with E-state index in [-0.39, 0.29) is 5.91 Å². The van der Waals surface area contributed by atoms with E-state index >= 15 is 0 Å². The number of amides is 1. The molecule has 0 fully saturated rings. The molecule has 0 aliphatic rings. The number of benzene rings is 1. The smallest absolute Gasteiger partial charge is 0.224 e. The number of rotatable bonds is 5. The molecule has 1 aromatic heterocycles. The molecular weight excluding hydrogens is 362 g/mol. The number of carbonyl (C=O) groups is 1. The summed E-state index contributed by atoms with van der Waals surface area (Å²) in [5.74, 6) is -0.00457. The summed E-state index contributed by atoms with van der Waals surface area (Å²) in [5.41, 5.74) is 3.76. The number of aryl methyl sites for hydroxylation is 2. The third-order valence-electron chi connectivity index (χ3n) is 3.31. The first-order valence-electron chi connectivity index (χ1n) is 6.93. The Labute approximate surface area is 143 Å². The Balaban J connectivity index is 1.98. The predicted molar refractivity (Wildman–Crippen MR) is 94.4 cm³/mol. The van der Waals surface area contributed by atoms with E-state index in [0.717, 1.165) is 32.3 Å². The van der Waals surface area contributed by atoms with Crippen LogP contribution in [0.5, 0.6) is 0 Å². The molecule has 0 unspecified atom stereocenters. The molecular formula is C16H18BrN3OS. The molecule has 0 saturated carbocycles. The normalized spacial score (nSPS) is 10.5. The fraction of sp³-hybridized carbons (Fsp3) is 0.312. The van der Waals surface area contributed by atoms with Crippen molar-refractivity contribution in [2.75, 3.05) is 11.6 Å². The highest BCUT2D eigenvalue weighted by Crippen LogP contribution is 2.18. The molecule has 0 saturated heterocycles. The highest BCUT2D eigenvalue weighted by atomic mass is 79.9. The van der Waals surface area contributed by atoms with E-state index in [1.165, 1.54) is 11.8 Å². The van der Waals surface area contributed by atoms with Gasteiger partial charge in [-0.1, -0.05) is 27.7 Å². The molecule has 1 heterocycles. The molecule has 0 spiro atoms. The lowest BCUT2D eigenvalue weighted by Crippen LogP contribution is -2.13. The van der Waals surface area contributed by atoms with Gasteiger partial charge in [0.2, 0.25) is 5.91 Å². The van der Waals surface area contributed by atoms with Crippen LogP contribution in [0.1, 0.15) is 23.4 Å². The number of carbonyl (C=O) groups excluding carboxylic acids is 1. The van der Waals surface area contributed by atoms with Crippen molar-refractivity contribution in [1.29, 1.82) is 0 Å². The molecule has 1 N–H and O–H groups in total. The van der Waals surface area contributed by atoms with Gasteiger partial charge in [-0.25, -0.2) is 9.97 Å². The van der Waals surface area contributed by atoms with Crippen LogP contribution in [-0.4, -0.2) is 22.1 Å². The second-order valence-electron chi connectivity index (χ2n) is 4.91. The van der Waals surface area contributed by atoms with Gasteiger partial charge in [0.1, 0.15) is 0 Å². The van der Waals surface area contributed by atoms with E-state index < -0.39 is 0 Å². The van der Waals surface area contributed by atoms with Gasteiger partial charge in [-0.2, -0.15) is 0 Å². The molecule has 2 aromatic rings. The molecule has 0 aliphatic heterocycles. The minimum atomic E-state index is -0.00457. The van der Waals surface area contributed by atoms with Gasteiger partial charge in [-0.05, 0) is 56.4 Å². The van der Waals surface area contributed by atoms with Crippen LogP contribution in [0.4, 0.5) is 5.69 Å². The van der Waals surface area contributed by atoms with Crippen molar-refractivity contribution >= 4 is 39.3 Å². The first-order chi connectivity index (χ1) is 10.5. The van der Waals surface area contributed by atoms with Crippen molar-refractivity contribution in [2.45, 2.75) is 31.8 Å². The number of nitrogens with one attached hydrogen (secondary N) is 1. The lowest BCUT2D eigenvalue weighted by atomic mass is 10.1.